The van der Waals surface area contributed by atoms with Gasteiger partial charge in [0.15, 0.2) is 6.10 Å². The molecule has 62 heavy (non-hydrogen) atoms. The molecule has 6 heteroatoms. The summed E-state index contributed by atoms with van der Waals surface area (Å²) in [5.74, 6) is -0.889. The Hall–Kier alpha value is -2.37. The van der Waals surface area contributed by atoms with E-state index < -0.39 is 6.10 Å². The second-order valence-corrected chi connectivity index (χ2v) is 18.1. The standard InChI is InChI=1S/C56H102O6/c1-4-7-10-13-16-19-22-25-28-29-32-34-37-40-43-46-49-55(58)61-52-53(62-56(59)50-47-44-41-38-35-31-27-24-21-18-15-12-9-6-3)51-60-54(57)48-45-42-39-36-33-30-26-23-20-17-14-11-8-5-2/h9,12,18,21,30,33,53H,4-8,10-11,13-17,19-20,22-29,31-32,34-52H2,1-3H3/b12-9-,21-18-,33-30-. The highest BCUT2D eigenvalue weighted by Gasteiger charge is 2.19. The summed E-state index contributed by atoms with van der Waals surface area (Å²) in [6.45, 7) is 6.54. The van der Waals surface area contributed by atoms with Crippen LogP contribution in [0, 0.1) is 0 Å². The van der Waals surface area contributed by atoms with Crippen molar-refractivity contribution in [2.24, 2.45) is 0 Å². The lowest BCUT2D eigenvalue weighted by atomic mass is 10.0. The predicted molar refractivity (Wildman–Crippen MR) is 266 cm³/mol. The fourth-order valence-corrected chi connectivity index (χ4v) is 7.83. The summed E-state index contributed by atoms with van der Waals surface area (Å²) in [5.41, 5.74) is 0. The Bertz CT molecular complexity index is 1050. The van der Waals surface area contributed by atoms with E-state index in [4.69, 9.17) is 14.2 Å². The molecule has 0 rings (SSSR count). The van der Waals surface area contributed by atoms with Crippen molar-refractivity contribution >= 4 is 17.9 Å². The van der Waals surface area contributed by atoms with Crippen LogP contribution in [0.1, 0.15) is 284 Å². The van der Waals surface area contributed by atoms with E-state index in [2.05, 4.69) is 57.2 Å². The van der Waals surface area contributed by atoms with Crippen LogP contribution in [-0.4, -0.2) is 37.2 Å². The highest BCUT2D eigenvalue weighted by atomic mass is 16.6. The summed E-state index contributed by atoms with van der Waals surface area (Å²) in [5, 5.41) is 0. The zero-order valence-electron chi connectivity index (χ0n) is 41.4. The fraction of sp³-hybridized carbons (Fsp3) is 0.839. The van der Waals surface area contributed by atoms with Gasteiger partial charge in [0.05, 0.1) is 0 Å². The largest absolute Gasteiger partial charge is 0.462 e. The smallest absolute Gasteiger partial charge is 0.306 e. The summed E-state index contributed by atoms with van der Waals surface area (Å²) >= 11 is 0. The zero-order chi connectivity index (χ0) is 45.1. The Labute approximate surface area is 385 Å². The van der Waals surface area contributed by atoms with Crippen LogP contribution in [0.25, 0.3) is 0 Å². The third-order valence-electron chi connectivity index (χ3n) is 11.9. The fourth-order valence-electron chi connectivity index (χ4n) is 7.83. The molecule has 0 radical (unpaired) electrons. The Morgan fingerprint density at radius 3 is 1.00 bits per heavy atom. The maximum Gasteiger partial charge on any atom is 0.306 e. The number of esters is 3. The molecule has 0 amide bonds. The number of unbranched alkanes of at least 4 members (excludes halogenated alkanes) is 32. The minimum atomic E-state index is -0.778. The van der Waals surface area contributed by atoms with Crippen LogP contribution in [0.5, 0.6) is 0 Å². The highest BCUT2D eigenvalue weighted by Crippen LogP contribution is 2.16. The van der Waals surface area contributed by atoms with Gasteiger partial charge in [-0.2, -0.15) is 0 Å². The second kappa shape index (κ2) is 51.3. The van der Waals surface area contributed by atoms with Gasteiger partial charge < -0.3 is 14.2 Å². The highest BCUT2D eigenvalue weighted by molar-refractivity contribution is 5.71. The van der Waals surface area contributed by atoms with Gasteiger partial charge in [-0.15, -0.1) is 0 Å². The molecule has 0 aromatic rings. The van der Waals surface area contributed by atoms with Gasteiger partial charge in [-0.05, 0) is 70.6 Å². The molecule has 0 heterocycles. The minimum absolute atomic E-state index is 0.0769. The quantitative estimate of drug-likeness (QED) is 0.0262. The molecule has 0 spiro atoms. The van der Waals surface area contributed by atoms with Crippen LogP contribution in [-0.2, 0) is 28.6 Å². The van der Waals surface area contributed by atoms with Gasteiger partial charge >= 0.3 is 17.9 Å². The van der Waals surface area contributed by atoms with Crippen LogP contribution in [0.4, 0.5) is 0 Å². The van der Waals surface area contributed by atoms with Crippen molar-refractivity contribution < 1.29 is 28.6 Å². The topological polar surface area (TPSA) is 78.9 Å². The molecule has 6 nitrogen and oxygen atoms in total. The van der Waals surface area contributed by atoms with Gasteiger partial charge in [0.1, 0.15) is 13.2 Å². The maximum absolute atomic E-state index is 12.8. The summed E-state index contributed by atoms with van der Waals surface area (Å²) in [6, 6.07) is 0. The van der Waals surface area contributed by atoms with Crippen LogP contribution in [0.15, 0.2) is 36.5 Å². The van der Waals surface area contributed by atoms with Crippen LogP contribution in [0.3, 0.4) is 0 Å². The van der Waals surface area contributed by atoms with Crippen molar-refractivity contribution in [1.82, 2.24) is 0 Å². The lowest BCUT2D eigenvalue weighted by Crippen LogP contribution is -2.30. The molecule has 362 valence electrons. The van der Waals surface area contributed by atoms with Crippen molar-refractivity contribution in [2.45, 2.75) is 290 Å². The van der Waals surface area contributed by atoms with Gasteiger partial charge in [0.2, 0.25) is 0 Å². The van der Waals surface area contributed by atoms with E-state index >= 15 is 0 Å². The van der Waals surface area contributed by atoms with Crippen molar-refractivity contribution in [3.05, 3.63) is 36.5 Å². The molecule has 0 N–H and O–H groups in total. The Balaban J connectivity index is 4.36. The third-order valence-corrected chi connectivity index (χ3v) is 11.9. The third kappa shape index (κ3) is 48.7. The number of ether oxygens (including phenoxy) is 3. The maximum atomic E-state index is 12.8. The Kier molecular flexibility index (Phi) is 49.3. The Morgan fingerprint density at radius 2 is 0.629 bits per heavy atom. The first kappa shape index (κ1) is 59.6. The number of rotatable bonds is 49. The van der Waals surface area contributed by atoms with E-state index in [1.165, 1.54) is 154 Å². The summed E-state index contributed by atoms with van der Waals surface area (Å²) in [7, 11) is 0. The molecule has 0 aliphatic carbocycles. The van der Waals surface area contributed by atoms with Gasteiger partial charge in [0, 0.05) is 19.3 Å². The number of hydrogen-bond acceptors (Lipinski definition) is 6. The van der Waals surface area contributed by atoms with Gasteiger partial charge in [-0.25, -0.2) is 0 Å². The lowest BCUT2D eigenvalue weighted by Gasteiger charge is -2.18. The molecule has 0 saturated heterocycles. The van der Waals surface area contributed by atoms with Crippen LogP contribution >= 0.6 is 0 Å². The molecule has 1 unspecified atom stereocenters. The van der Waals surface area contributed by atoms with E-state index in [1.54, 1.807) is 0 Å². The number of allylic oxidation sites excluding steroid dienone is 6. The monoisotopic (exact) mass is 871 g/mol. The molecule has 0 bridgehead atoms. The van der Waals surface area contributed by atoms with Crippen molar-refractivity contribution in [2.75, 3.05) is 13.2 Å². The normalized spacial score (nSPS) is 12.2. The van der Waals surface area contributed by atoms with Gasteiger partial charge in [-0.1, -0.05) is 231 Å². The van der Waals surface area contributed by atoms with E-state index in [-0.39, 0.29) is 31.1 Å². The number of hydrogen-bond donors (Lipinski definition) is 0. The lowest BCUT2D eigenvalue weighted by molar-refractivity contribution is -0.167. The molecule has 0 aliphatic rings. The Morgan fingerprint density at radius 1 is 0.339 bits per heavy atom. The molecular weight excluding hydrogens is 769 g/mol. The molecular formula is C56H102O6. The van der Waals surface area contributed by atoms with Crippen molar-refractivity contribution in [1.29, 1.82) is 0 Å². The second-order valence-electron chi connectivity index (χ2n) is 18.1. The van der Waals surface area contributed by atoms with Crippen molar-refractivity contribution in [3.8, 4) is 0 Å². The first-order chi connectivity index (χ1) is 30.5. The summed E-state index contributed by atoms with van der Waals surface area (Å²) in [4.78, 5) is 38.0. The average molecular weight is 871 g/mol. The van der Waals surface area contributed by atoms with Crippen LogP contribution in [0.2, 0.25) is 0 Å². The molecule has 0 aromatic heterocycles. The first-order valence-electron chi connectivity index (χ1n) is 27.0. The SMILES string of the molecule is CC/C=C\C/C=C\CCCCCCCCCC(=O)OC(COC(=O)CCCCC/C=C\CCCCCCCCC)COC(=O)CCCCCCCCCCCCCCCCCC. The predicted octanol–water partition coefficient (Wildman–Crippen LogP) is 17.7. The first-order valence-corrected chi connectivity index (χ1v) is 27.0. The molecule has 0 aromatic carbocycles. The van der Waals surface area contributed by atoms with E-state index in [0.29, 0.717) is 19.3 Å². The van der Waals surface area contributed by atoms with Gasteiger partial charge in [0.25, 0.3) is 0 Å². The number of carbonyl (C=O) groups excluding carboxylic acids is 3. The molecule has 0 aliphatic heterocycles. The minimum Gasteiger partial charge on any atom is -0.462 e. The summed E-state index contributed by atoms with van der Waals surface area (Å²) < 4.78 is 16.8. The zero-order valence-corrected chi connectivity index (χ0v) is 41.4. The van der Waals surface area contributed by atoms with Gasteiger partial charge in [-0.3, -0.25) is 14.4 Å². The molecule has 1 atom stereocenters. The molecule has 0 saturated carbocycles. The van der Waals surface area contributed by atoms with Crippen molar-refractivity contribution in [3.63, 3.8) is 0 Å². The molecule has 0 fully saturated rings. The van der Waals surface area contributed by atoms with E-state index in [0.717, 1.165) is 89.9 Å². The van der Waals surface area contributed by atoms with E-state index in [1.807, 2.05) is 0 Å². The van der Waals surface area contributed by atoms with Crippen LogP contribution < -0.4 is 0 Å². The summed E-state index contributed by atoms with van der Waals surface area (Å²) in [6.07, 6.45) is 59.9. The number of carbonyl (C=O) groups is 3. The average Bonchev–Trinajstić information content (AvgIpc) is 3.27. The van der Waals surface area contributed by atoms with E-state index in [9.17, 15) is 14.4 Å².